The normalized spacial score (nSPS) is 11.3. The highest BCUT2D eigenvalue weighted by atomic mass is 31.2. The van der Waals surface area contributed by atoms with Gasteiger partial charge in [-0.15, -0.1) is 5.53 Å². The fourth-order valence-corrected chi connectivity index (χ4v) is 16.2. The Morgan fingerprint density at radius 3 is 0.714 bits per heavy atom. The third kappa shape index (κ3) is 4.67. The number of nitrogens with zero attached hydrogens (tertiary/aromatic N) is 4. The SMILES string of the molecule is [N-]=[N+]=NN([P+](c1ccccc1)(c1ccccc1)c1ccccc1)[P+](c1ccccc1)(c1ccccc1)c1ccccc1. The molecule has 0 saturated heterocycles. The van der Waals surface area contributed by atoms with Crippen LogP contribution in [0.25, 0.3) is 10.4 Å². The molecule has 0 atom stereocenters. The summed E-state index contributed by atoms with van der Waals surface area (Å²) in [5, 5.41) is 11.5. The molecular formula is C36H30N4P2+2. The Morgan fingerprint density at radius 1 is 0.357 bits per heavy atom. The van der Waals surface area contributed by atoms with Crippen LogP contribution in [0.1, 0.15) is 0 Å². The summed E-state index contributed by atoms with van der Waals surface area (Å²) in [5.74, 6) is 0. The van der Waals surface area contributed by atoms with Crippen LogP contribution in [0.4, 0.5) is 0 Å². The maximum absolute atomic E-state index is 10.5. The van der Waals surface area contributed by atoms with Gasteiger partial charge in [0.1, 0.15) is 31.8 Å². The maximum Gasteiger partial charge on any atom is 0.319 e. The third-order valence-electron chi connectivity index (χ3n) is 7.44. The Balaban J connectivity index is 1.88. The molecule has 202 valence electrons. The second-order valence-electron chi connectivity index (χ2n) is 9.73. The van der Waals surface area contributed by atoms with Crippen molar-refractivity contribution in [2.24, 2.45) is 5.22 Å². The Kier molecular flexibility index (Phi) is 8.13. The first-order valence-corrected chi connectivity index (χ1v) is 17.3. The standard InChI is InChI=1S/C36H30N4P2/c37-38-39-40(41(31-19-7-1-8-20-31,32-21-9-2-10-22-32)33-23-11-3-12-24-33)42(34-25-13-4-14-26-34,35-27-15-5-16-28-35)36-29-17-6-18-30-36/h1-30H/q+2. The minimum absolute atomic E-state index is 1.11. The second kappa shape index (κ2) is 12.4. The summed E-state index contributed by atoms with van der Waals surface area (Å²) >= 11 is 0. The second-order valence-corrected chi connectivity index (χ2v) is 16.4. The largest absolute Gasteiger partial charge is 0.319 e. The Morgan fingerprint density at radius 2 is 0.548 bits per heavy atom. The fourth-order valence-electron chi connectivity index (χ4n) is 5.73. The smallest absolute Gasteiger partial charge is 0.162 e. The van der Waals surface area contributed by atoms with Gasteiger partial charge >= 0.3 is 14.8 Å². The molecule has 4 nitrogen and oxygen atoms in total. The number of azide groups is 1. The van der Waals surface area contributed by atoms with Crippen molar-refractivity contribution in [3.63, 3.8) is 0 Å². The topological polar surface area (TPSA) is 52.0 Å². The van der Waals surface area contributed by atoms with E-state index in [4.69, 9.17) is 5.22 Å². The molecule has 0 saturated carbocycles. The van der Waals surface area contributed by atoms with Crippen molar-refractivity contribution in [3.05, 3.63) is 192 Å². The van der Waals surface area contributed by atoms with Crippen molar-refractivity contribution >= 4 is 46.7 Å². The van der Waals surface area contributed by atoms with Gasteiger partial charge in [0, 0.05) is 4.55 Å². The molecule has 0 aliphatic rings. The van der Waals surface area contributed by atoms with Gasteiger partial charge in [0.15, 0.2) is 0 Å². The molecule has 0 spiro atoms. The number of rotatable bonds is 9. The molecule has 0 aliphatic carbocycles. The molecule has 6 heteroatoms. The lowest BCUT2D eigenvalue weighted by molar-refractivity contribution is 0.759. The highest BCUT2D eigenvalue weighted by Gasteiger charge is 2.72. The first kappa shape index (κ1) is 27.5. The first-order chi connectivity index (χ1) is 20.8. The minimum atomic E-state index is -2.84. The highest BCUT2D eigenvalue weighted by molar-refractivity contribution is 8.06. The minimum Gasteiger partial charge on any atom is -0.162 e. The molecule has 0 fully saturated rings. The zero-order valence-corrected chi connectivity index (χ0v) is 24.8. The lowest BCUT2D eigenvalue weighted by Crippen LogP contribution is -2.48. The maximum atomic E-state index is 10.5. The van der Waals surface area contributed by atoms with Crippen molar-refractivity contribution in [3.8, 4) is 0 Å². The fraction of sp³-hybridized carbons (Fsp3) is 0. The van der Waals surface area contributed by atoms with Gasteiger partial charge in [-0.05, 0) is 72.8 Å². The van der Waals surface area contributed by atoms with Crippen LogP contribution in [0.3, 0.4) is 0 Å². The van der Waals surface area contributed by atoms with Crippen LogP contribution in [0.5, 0.6) is 0 Å². The van der Waals surface area contributed by atoms with Crippen LogP contribution in [-0.2, 0) is 0 Å². The molecule has 6 rings (SSSR count). The number of hydrogen-bond donors (Lipinski definition) is 0. The molecule has 0 N–H and O–H groups in total. The van der Waals surface area contributed by atoms with Gasteiger partial charge in [-0.25, -0.2) is 0 Å². The average molecular weight is 581 g/mol. The van der Waals surface area contributed by atoms with Gasteiger partial charge in [0.05, 0.1) is 5.22 Å². The number of benzene rings is 6. The molecule has 0 bridgehead atoms. The molecule has 42 heavy (non-hydrogen) atoms. The third-order valence-corrected chi connectivity index (χ3v) is 16.6. The summed E-state index contributed by atoms with van der Waals surface area (Å²) in [4.78, 5) is 3.63. The van der Waals surface area contributed by atoms with Crippen molar-refractivity contribution in [1.82, 2.24) is 4.55 Å². The summed E-state index contributed by atoms with van der Waals surface area (Å²) in [6, 6.07) is 63.4. The number of hydrogen-bond acceptors (Lipinski definition) is 1. The van der Waals surface area contributed by atoms with E-state index in [0.29, 0.717) is 0 Å². The lowest BCUT2D eigenvalue weighted by Gasteiger charge is -2.36. The molecule has 0 unspecified atom stereocenters. The van der Waals surface area contributed by atoms with Crippen LogP contribution >= 0.6 is 14.8 Å². The average Bonchev–Trinajstić information content (AvgIpc) is 3.08. The van der Waals surface area contributed by atoms with E-state index in [1.807, 2.05) is 36.4 Å². The summed E-state index contributed by atoms with van der Waals surface area (Å²) in [6.07, 6.45) is 0. The highest BCUT2D eigenvalue weighted by Crippen LogP contribution is 2.75. The molecule has 0 amide bonds. The molecule has 6 aromatic carbocycles. The van der Waals surface area contributed by atoms with Gasteiger partial charge in [-0.2, -0.15) is 4.91 Å². The monoisotopic (exact) mass is 580 g/mol. The van der Waals surface area contributed by atoms with E-state index in [-0.39, 0.29) is 0 Å². The zero-order chi connectivity index (χ0) is 28.7. The van der Waals surface area contributed by atoms with Crippen LogP contribution in [-0.4, -0.2) is 4.55 Å². The van der Waals surface area contributed by atoms with Gasteiger partial charge in [-0.3, -0.25) is 0 Å². The van der Waals surface area contributed by atoms with Crippen molar-refractivity contribution in [1.29, 1.82) is 0 Å². The van der Waals surface area contributed by atoms with Crippen LogP contribution in [0.2, 0.25) is 0 Å². The van der Waals surface area contributed by atoms with E-state index in [9.17, 15) is 5.53 Å². The quantitative estimate of drug-likeness (QED) is 0.0581. The van der Waals surface area contributed by atoms with Gasteiger partial charge in [0.25, 0.3) is 0 Å². The van der Waals surface area contributed by atoms with E-state index in [2.05, 4.69) is 155 Å². The lowest BCUT2D eigenvalue weighted by atomic mass is 10.4. The Bertz CT molecular complexity index is 1440. The summed E-state index contributed by atoms with van der Waals surface area (Å²) < 4.78 is 2.21. The summed E-state index contributed by atoms with van der Waals surface area (Å²) in [6.45, 7) is 0. The molecule has 0 aliphatic heterocycles. The van der Waals surface area contributed by atoms with Crippen molar-refractivity contribution in [2.75, 3.05) is 0 Å². The van der Waals surface area contributed by atoms with Crippen molar-refractivity contribution < 1.29 is 0 Å². The first-order valence-electron chi connectivity index (χ1n) is 13.8. The summed E-state index contributed by atoms with van der Waals surface area (Å²) in [7, 11) is -5.67. The van der Waals surface area contributed by atoms with E-state index in [1.54, 1.807) is 0 Å². The van der Waals surface area contributed by atoms with Crippen LogP contribution in [0, 0.1) is 0 Å². The van der Waals surface area contributed by atoms with E-state index in [0.717, 1.165) is 31.8 Å². The molecule has 0 radical (unpaired) electrons. The molecule has 0 aromatic heterocycles. The Hall–Kier alpha value is -4.71. The van der Waals surface area contributed by atoms with E-state index >= 15 is 0 Å². The van der Waals surface area contributed by atoms with Gasteiger partial charge < -0.3 is 0 Å². The van der Waals surface area contributed by atoms with Crippen LogP contribution in [0.15, 0.2) is 187 Å². The molecule has 0 heterocycles. The van der Waals surface area contributed by atoms with Gasteiger partial charge in [-0.1, -0.05) is 109 Å². The zero-order valence-electron chi connectivity index (χ0n) is 23.0. The van der Waals surface area contributed by atoms with Crippen molar-refractivity contribution in [2.45, 2.75) is 0 Å². The molecular weight excluding hydrogens is 550 g/mol. The Labute approximate surface area is 248 Å². The van der Waals surface area contributed by atoms with Crippen LogP contribution < -0.4 is 31.8 Å². The predicted octanol–water partition coefficient (Wildman–Crippen LogP) is 7.33. The van der Waals surface area contributed by atoms with E-state index in [1.165, 1.54) is 0 Å². The predicted molar refractivity (Wildman–Crippen MR) is 181 cm³/mol. The van der Waals surface area contributed by atoms with E-state index < -0.39 is 14.8 Å². The molecule has 6 aromatic rings. The summed E-state index contributed by atoms with van der Waals surface area (Å²) in [5.41, 5.74) is 10.5. The van der Waals surface area contributed by atoms with Gasteiger partial charge in [0.2, 0.25) is 0 Å².